The number of rotatable bonds is 0. The fourth-order valence-corrected chi connectivity index (χ4v) is 2.51. The van der Waals surface area contributed by atoms with Gasteiger partial charge >= 0.3 is 0 Å². The Balaban J connectivity index is 2.43. The fraction of sp³-hybridized carbons (Fsp3) is 0.583. The number of hydrogen-bond donors (Lipinski definition) is 0. The summed E-state index contributed by atoms with van der Waals surface area (Å²) in [5, 5.41) is 0. The van der Waals surface area contributed by atoms with E-state index in [1.54, 1.807) is 0 Å². The average molecular weight is 175 g/mol. The Morgan fingerprint density at radius 2 is 2.23 bits per heavy atom. The van der Waals surface area contributed by atoms with Crippen LogP contribution in [-0.2, 0) is 6.42 Å². The van der Waals surface area contributed by atoms with Crippen molar-refractivity contribution in [1.29, 1.82) is 0 Å². The van der Waals surface area contributed by atoms with E-state index in [-0.39, 0.29) is 0 Å². The normalized spacial score (nSPS) is 25.3. The Morgan fingerprint density at radius 3 is 3.00 bits per heavy atom. The Labute approximate surface area is 80.2 Å². The predicted molar refractivity (Wildman–Crippen MR) is 54.8 cm³/mol. The third-order valence-corrected chi connectivity index (χ3v) is 2.96. The van der Waals surface area contributed by atoms with Gasteiger partial charge < -0.3 is 0 Å². The van der Waals surface area contributed by atoms with Crippen LogP contribution in [0.25, 0.3) is 0 Å². The molecule has 0 radical (unpaired) electrons. The lowest BCUT2D eigenvalue weighted by Crippen LogP contribution is -2.25. The molecule has 1 unspecified atom stereocenters. The third-order valence-electron chi connectivity index (χ3n) is 2.96. The lowest BCUT2D eigenvalue weighted by Gasteiger charge is -2.34. The molecule has 1 aromatic rings. The lowest BCUT2D eigenvalue weighted by molar-refractivity contribution is 0.284. The molecule has 2 rings (SSSR count). The number of fused-ring (bicyclic) bond motifs is 1. The monoisotopic (exact) mass is 175 g/mol. The molecular formula is C12H17N. The molecule has 13 heavy (non-hydrogen) atoms. The van der Waals surface area contributed by atoms with Crippen molar-refractivity contribution in [3.05, 3.63) is 29.6 Å². The SMILES string of the molecule is CC1CC(C)(C)Cc2ncccc21. The van der Waals surface area contributed by atoms with Crippen LogP contribution in [0, 0.1) is 5.41 Å². The molecule has 0 amide bonds. The largest absolute Gasteiger partial charge is 0.261 e. The van der Waals surface area contributed by atoms with Crippen molar-refractivity contribution in [3.8, 4) is 0 Å². The van der Waals surface area contributed by atoms with E-state index >= 15 is 0 Å². The molecule has 0 fully saturated rings. The number of hydrogen-bond acceptors (Lipinski definition) is 1. The minimum atomic E-state index is 0.431. The van der Waals surface area contributed by atoms with Gasteiger partial charge in [-0.3, -0.25) is 4.98 Å². The highest BCUT2D eigenvalue weighted by molar-refractivity contribution is 5.27. The highest BCUT2D eigenvalue weighted by Gasteiger charge is 2.30. The van der Waals surface area contributed by atoms with E-state index in [1.165, 1.54) is 17.7 Å². The average Bonchev–Trinajstić information content (AvgIpc) is 2.02. The summed E-state index contributed by atoms with van der Waals surface area (Å²) in [4.78, 5) is 4.47. The number of aromatic nitrogens is 1. The Hall–Kier alpha value is -0.850. The molecule has 1 heterocycles. The smallest absolute Gasteiger partial charge is 0.0443 e. The molecule has 1 heteroatoms. The molecule has 1 atom stereocenters. The van der Waals surface area contributed by atoms with Crippen LogP contribution in [0.1, 0.15) is 44.4 Å². The first-order valence-corrected chi connectivity index (χ1v) is 5.02. The predicted octanol–water partition coefficient (Wildman–Crippen LogP) is 3.16. The quantitative estimate of drug-likeness (QED) is 0.590. The Morgan fingerprint density at radius 1 is 1.46 bits per heavy atom. The van der Waals surface area contributed by atoms with Crippen molar-refractivity contribution in [1.82, 2.24) is 4.98 Å². The molecule has 0 saturated carbocycles. The zero-order chi connectivity index (χ0) is 9.47. The molecule has 0 aliphatic heterocycles. The van der Waals surface area contributed by atoms with Gasteiger partial charge in [-0.2, -0.15) is 0 Å². The van der Waals surface area contributed by atoms with Gasteiger partial charge in [0, 0.05) is 11.9 Å². The maximum atomic E-state index is 4.47. The van der Waals surface area contributed by atoms with E-state index < -0.39 is 0 Å². The maximum absolute atomic E-state index is 4.47. The second kappa shape index (κ2) is 2.83. The second-order valence-electron chi connectivity index (χ2n) is 4.99. The molecule has 1 aromatic heterocycles. The molecule has 1 aliphatic rings. The minimum Gasteiger partial charge on any atom is -0.261 e. The molecule has 70 valence electrons. The van der Waals surface area contributed by atoms with Crippen LogP contribution in [0.15, 0.2) is 18.3 Å². The zero-order valence-corrected chi connectivity index (χ0v) is 8.67. The van der Waals surface area contributed by atoms with Crippen LogP contribution in [0.5, 0.6) is 0 Å². The van der Waals surface area contributed by atoms with Crippen molar-refractivity contribution in [2.75, 3.05) is 0 Å². The van der Waals surface area contributed by atoms with E-state index in [4.69, 9.17) is 0 Å². The molecule has 0 aromatic carbocycles. The summed E-state index contributed by atoms with van der Waals surface area (Å²) in [6.07, 6.45) is 4.33. The standard InChI is InChI=1S/C12H17N/c1-9-7-12(2,3)8-11-10(9)5-4-6-13-11/h4-6,9H,7-8H2,1-3H3. The second-order valence-corrected chi connectivity index (χ2v) is 4.99. The van der Waals surface area contributed by atoms with Gasteiger partial charge in [-0.1, -0.05) is 26.8 Å². The van der Waals surface area contributed by atoms with Crippen LogP contribution in [0.4, 0.5) is 0 Å². The van der Waals surface area contributed by atoms with E-state index in [2.05, 4.69) is 31.8 Å². The topological polar surface area (TPSA) is 12.9 Å². The summed E-state index contributed by atoms with van der Waals surface area (Å²) >= 11 is 0. The summed E-state index contributed by atoms with van der Waals surface area (Å²) in [5.41, 5.74) is 3.20. The van der Waals surface area contributed by atoms with Gasteiger partial charge in [0.1, 0.15) is 0 Å². The first-order valence-electron chi connectivity index (χ1n) is 5.02. The van der Waals surface area contributed by atoms with Crippen LogP contribution in [-0.4, -0.2) is 4.98 Å². The van der Waals surface area contributed by atoms with Crippen LogP contribution in [0.3, 0.4) is 0 Å². The Kier molecular flexibility index (Phi) is 1.90. The summed E-state index contributed by atoms with van der Waals surface area (Å²) in [7, 11) is 0. The van der Waals surface area contributed by atoms with E-state index in [1.807, 2.05) is 12.3 Å². The third kappa shape index (κ3) is 1.60. The van der Waals surface area contributed by atoms with E-state index in [9.17, 15) is 0 Å². The van der Waals surface area contributed by atoms with Gasteiger partial charge in [-0.25, -0.2) is 0 Å². The highest BCUT2D eigenvalue weighted by atomic mass is 14.7. The van der Waals surface area contributed by atoms with Crippen molar-refractivity contribution >= 4 is 0 Å². The molecule has 1 nitrogen and oxygen atoms in total. The molecule has 1 aliphatic carbocycles. The van der Waals surface area contributed by atoms with E-state index in [0.717, 1.165) is 6.42 Å². The van der Waals surface area contributed by atoms with Crippen LogP contribution in [0.2, 0.25) is 0 Å². The minimum absolute atomic E-state index is 0.431. The van der Waals surface area contributed by atoms with Gasteiger partial charge in [0.15, 0.2) is 0 Å². The fourth-order valence-electron chi connectivity index (χ4n) is 2.51. The zero-order valence-electron chi connectivity index (χ0n) is 8.67. The van der Waals surface area contributed by atoms with Crippen molar-refractivity contribution in [2.45, 2.75) is 39.5 Å². The van der Waals surface area contributed by atoms with Crippen molar-refractivity contribution < 1.29 is 0 Å². The van der Waals surface area contributed by atoms with Gasteiger partial charge in [-0.15, -0.1) is 0 Å². The van der Waals surface area contributed by atoms with Gasteiger partial charge in [0.05, 0.1) is 0 Å². The molecule has 0 bridgehead atoms. The molecule has 0 spiro atoms. The number of nitrogens with zero attached hydrogens (tertiary/aromatic N) is 1. The molecule has 0 saturated heterocycles. The summed E-state index contributed by atoms with van der Waals surface area (Å²) < 4.78 is 0. The highest BCUT2D eigenvalue weighted by Crippen LogP contribution is 2.40. The van der Waals surface area contributed by atoms with Crippen LogP contribution >= 0.6 is 0 Å². The Bertz CT molecular complexity index is 315. The van der Waals surface area contributed by atoms with Crippen LogP contribution < -0.4 is 0 Å². The summed E-state index contributed by atoms with van der Waals surface area (Å²) in [6, 6.07) is 4.27. The van der Waals surface area contributed by atoms with Crippen molar-refractivity contribution in [3.63, 3.8) is 0 Å². The first kappa shape index (κ1) is 8.74. The summed E-state index contributed by atoms with van der Waals surface area (Å²) in [6.45, 7) is 6.98. The van der Waals surface area contributed by atoms with E-state index in [0.29, 0.717) is 11.3 Å². The first-order chi connectivity index (χ1) is 6.08. The summed E-state index contributed by atoms with van der Waals surface area (Å²) in [5.74, 6) is 0.674. The van der Waals surface area contributed by atoms with Gasteiger partial charge in [-0.05, 0) is 35.8 Å². The molecular weight excluding hydrogens is 158 g/mol. The maximum Gasteiger partial charge on any atom is 0.0443 e. The number of pyridine rings is 1. The van der Waals surface area contributed by atoms with Gasteiger partial charge in [0.25, 0.3) is 0 Å². The van der Waals surface area contributed by atoms with Crippen molar-refractivity contribution in [2.24, 2.45) is 5.41 Å². The lowest BCUT2D eigenvalue weighted by atomic mass is 9.71. The molecule has 0 N–H and O–H groups in total. The van der Waals surface area contributed by atoms with Gasteiger partial charge in [0.2, 0.25) is 0 Å².